The van der Waals surface area contributed by atoms with Crippen LogP contribution in [0, 0.1) is 11.8 Å². The summed E-state index contributed by atoms with van der Waals surface area (Å²) in [6, 6.07) is 18.0. The fourth-order valence-corrected chi connectivity index (χ4v) is 4.72. The number of para-hydroxylation sites is 1. The molecule has 4 rings (SSSR count). The maximum absolute atomic E-state index is 12.7. The van der Waals surface area contributed by atoms with Crippen LogP contribution in [0.5, 0.6) is 5.75 Å². The quantitative estimate of drug-likeness (QED) is 0.646. The first-order chi connectivity index (χ1) is 16.6. The average Bonchev–Trinajstić information content (AvgIpc) is 2.89. The summed E-state index contributed by atoms with van der Waals surface area (Å²) >= 11 is 0. The lowest BCUT2D eigenvalue weighted by atomic mass is 9.95. The van der Waals surface area contributed by atoms with Gasteiger partial charge in [0.1, 0.15) is 5.75 Å². The molecule has 1 N–H and O–H groups in total. The second-order valence-electron chi connectivity index (χ2n) is 9.75. The minimum atomic E-state index is -0.0418. The molecule has 0 atom stereocenters. The zero-order valence-electron chi connectivity index (χ0n) is 20.2. The zero-order valence-corrected chi connectivity index (χ0v) is 20.2. The molecule has 0 spiro atoms. The molecule has 34 heavy (non-hydrogen) atoms. The van der Waals surface area contributed by atoms with E-state index in [-0.39, 0.29) is 24.3 Å². The van der Waals surface area contributed by atoms with Gasteiger partial charge in [-0.05, 0) is 68.0 Å². The fourth-order valence-electron chi connectivity index (χ4n) is 4.72. The molecular weight excluding hydrogens is 426 g/mol. The number of ether oxygens (including phenoxy) is 1. The molecule has 6 nitrogen and oxygen atoms in total. The van der Waals surface area contributed by atoms with Crippen LogP contribution in [0.3, 0.4) is 0 Å². The van der Waals surface area contributed by atoms with E-state index in [0.717, 1.165) is 18.0 Å². The number of nitrogens with zero attached hydrogens (tertiary/aromatic N) is 2. The number of likely N-dealkylation sites (tertiary alicyclic amines) is 2. The topological polar surface area (TPSA) is 61.9 Å². The predicted molar refractivity (Wildman–Crippen MR) is 133 cm³/mol. The second-order valence-corrected chi connectivity index (χ2v) is 9.75. The number of amides is 2. The Morgan fingerprint density at radius 3 is 2.21 bits per heavy atom. The SMILES string of the molecule is CC1CCN(Cc2ccc(CNC(=O)C3CCN(C(=O)COc4ccccc4)CC3)cc2)CC1. The van der Waals surface area contributed by atoms with Crippen LogP contribution < -0.4 is 10.1 Å². The first-order valence-corrected chi connectivity index (χ1v) is 12.6. The Morgan fingerprint density at radius 2 is 1.53 bits per heavy atom. The molecule has 2 fully saturated rings. The first kappa shape index (κ1) is 24.3. The van der Waals surface area contributed by atoms with Crippen molar-refractivity contribution in [3.63, 3.8) is 0 Å². The molecule has 6 heteroatoms. The Bertz CT molecular complexity index is 916. The second kappa shape index (κ2) is 12.0. The van der Waals surface area contributed by atoms with Gasteiger partial charge < -0.3 is 15.0 Å². The predicted octanol–water partition coefficient (Wildman–Crippen LogP) is 3.85. The van der Waals surface area contributed by atoms with E-state index in [1.54, 1.807) is 4.90 Å². The van der Waals surface area contributed by atoms with Crippen molar-refractivity contribution in [1.82, 2.24) is 15.1 Å². The summed E-state index contributed by atoms with van der Waals surface area (Å²) in [5.74, 6) is 1.56. The van der Waals surface area contributed by atoms with Crippen LogP contribution in [-0.2, 0) is 22.7 Å². The molecule has 0 aliphatic carbocycles. The fraction of sp³-hybridized carbons (Fsp3) is 0.500. The van der Waals surface area contributed by atoms with Gasteiger partial charge in [-0.25, -0.2) is 0 Å². The smallest absolute Gasteiger partial charge is 0.260 e. The molecule has 0 bridgehead atoms. The normalized spacial score (nSPS) is 18.0. The van der Waals surface area contributed by atoms with Gasteiger partial charge >= 0.3 is 0 Å². The van der Waals surface area contributed by atoms with E-state index in [1.807, 2.05) is 30.3 Å². The van der Waals surface area contributed by atoms with Crippen molar-refractivity contribution in [2.45, 2.75) is 45.7 Å². The first-order valence-electron chi connectivity index (χ1n) is 12.6. The van der Waals surface area contributed by atoms with Crippen molar-refractivity contribution >= 4 is 11.8 Å². The van der Waals surface area contributed by atoms with E-state index in [0.29, 0.717) is 38.2 Å². The third-order valence-corrected chi connectivity index (χ3v) is 7.10. The van der Waals surface area contributed by atoms with Crippen LogP contribution in [0.1, 0.15) is 43.7 Å². The summed E-state index contributed by atoms with van der Waals surface area (Å²) in [6.07, 6.45) is 3.96. The van der Waals surface area contributed by atoms with Crippen molar-refractivity contribution in [3.05, 3.63) is 65.7 Å². The van der Waals surface area contributed by atoms with Crippen LogP contribution in [0.4, 0.5) is 0 Å². The highest BCUT2D eigenvalue weighted by atomic mass is 16.5. The maximum Gasteiger partial charge on any atom is 0.260 e. The van der Waals surface area contributed by atoms with Gasteiger partial charge in [-0.3, -0.25) is 14.5 Å². The molecule has 2 saturated heterocycles. The van der Waals surface area contributed by atoms with Gasteiger partial charge in [0.05, 0.1) is 0 Å². The van der Waals surface area contributed by atoms with Gasteiger partial charge in [-0.1, -0.05) is 49.4 Å². The number of carbonyl (C=O) groups excluding carboxylic acids is 2. The van der Waals surface area contributed by atoms with Gasteiger partial charge in [-0.15, -0.1) is 0 Å². The summed E-state index contributed by atoms with van der Waals surface area (Å²) in [6.45, 7) is 7.49. The Balaban J connectivity index is 1.15. The number of nitrogens with one attached hydrogen (secondary N) is 1. The molecule has 0 saturated carbocycles. The van der Waals surface area contributed by atoms with E-state index in [2.05, 4.69) is 41.4 Å². The average molecular weight is 464 g/mol. The van der Waals surface area contributed by atoms with E-state index in [1.165, 1.54) is 31.5 Å². The van der Waals surface area contributed by atoms with Gasteiger partial charge in [0, 0.05) is 32.1 Å². The van der Waals surface area contributed by atoms with Crippen molar-refractivity contribution in [2.75, 3.05) is 32.8 Å². The molecule has 2 aromatic carbocycles. The Kier molecular flexibility index (Phi) is 8.58. The number of benzene rings is 2. The van der Waals surface area contributed by atoms with E-state index >= 15 is 0 Å². The number of hydrogen-bond acceptors (Lipinski definition) is 4. The molecule has 2 aromatic rings. The highest BCUT2D eigenvalue weighted by Gasteiger charge is 2.27. The van der Waals surface area contributed by atoms with E-state index in [9.17, 15) is 9.59 Å². The number of hydrogen-bond donors (Lipinski definition) is 1. The van der Waals surface area contributed by atoms with Gasteiger partial charge in [0.25, 0.3) is 5.91 Å². The van der Waals surface area contributed by atoms with Crippen molar-refractivity contribution in [2.24, 2.45) is 11.8 Å². The van der Waals surface area contributed by atoms with Crippen molar-refractivity contribution in [3.8, 4) is 5.75 Å². The Hall–Kier alpha value is -2.86. The Morgan fingerprint density at radius 1 is 0.882 bits per heavy atom. The molecule has 2 aliphatic rings. The third-order valence-electron chi connectivity index (χ3n) is 7.10. The molecule has 2 aliphatic heterocycles. The summed E-state index contributed by atoms with van der Waals surface area (Å²) in [4.78, 5) is 29.4. The summed E-state index contributed by atoms with van der Waals surface area (Å²) in [7, 11) is 0. The molecule has 0 unspecified atom stereocenters. The van der Waals surface area contributed by atoms with Crippen LogP contribution in [-0.4, -0.2) is 54.4 Å². The minimum absolute atomic E-state index is 0.0261. The van der Waals surface area contributed by atoms with Crippen LogP contribution in [0.2, 0.25) is 0 Å². The summed E-state index contributed by atoms with van der Waals surface area (Å²) in [5.41, 5.74) is 2.45. The molecular formula is C28H37N3O3. The number of piperidine rings is 2. The van der Waals surface area contributed by atoms with E-state index < -0.39 is 0 Å². The lowest BCUT2D eigenvalue weighted by molar-refractivity contribution is -0.137. The standard InChI is InChI=1S/C28H37N3O3/c1-22-11-15-30(16-12-22)20-24-9-7-23(8-10-24)19-29-28(33)25-13-17-31(18-14-25)27(32)21-34-26-5-3-2-4-6-26/h2-10,22,25H,11-21H2,1H3,(H,29,33). The monoisotopic (exact) mass is 463 g/mol. The van der Waals surface area contributed by atoms with Gasteiger partial charge in [0.15, 0.2) is 6.61 Å². The van der Waals surface area contributed by atoms with E-state index in [4.69, 9.17) is 4.74 Å². The highest BCUT2D eigenvalue weighted by molar-refractivity contribution is 5.80. The lowest BCUT2D eigenvalue weighted by Gasteiger charge is -2.31. The number of carbonyl (C=O) groups is 2. The van der Waals surface area contributed by atoms with Crippen LogP contribution in [0.15, 0.2) is 54.6 Å². The molecule has 2 heterocycles. The molecule has 2 amide bonds. The van der Waals surface area contributed by atoms with Crippen molar-refractivity contribution < 1.29 is 14.3 Å². The van der Waals surface area contributed by atoms with Crippen LogP contribution in [0.25, 0.3) is 0 Å². The zero-order chi connectivity index (χ0) is 23.8. The lowest BCUT2D eigenvalue weighted by Crippen LogP contribution is -2.44. The Labute approximate surface area is 203 Å². The molecule has 0 aromatic heterocycles. The molecule has 0 radical (unpaired) electrons. The minimum Gasteiger partial charge on any atom is -0.484 e. The number of rotatable bonds is 8. The third kappa shape index (κ3) is 7.07. The van der Waals surface area contributed by atoms with Gasteiger partial charge in [-0.2, -0.15) is 0 Å². The maximum atomic E-state index is 12.7. The van der Waals surface area contributed by atoms with Crippen molar-refractivity contribution in [1.29, 1.82) is 0 Å². The highest BCUT2D eigenvalue weighted by Crippen LogP contribution is 2.20. The summed E-state index contributed by atoms with van der Waals surface area (Å²) in [5, 5.41) is 3.09. The molecule has 182 valence electrons. The van der Waals surface area contributed by atoms with Gasteiger partial charge in [0.2, 0.25) is 5.91 Å². The largest absolute Gasteiger partial charge is 0.484 e. The summed E-state index contributed by atoms with van der Waals surface area (Å²) < 4.78 is 5.56. The van der Waals surface area contributed by atoms with Crippen LogP contribution >= 0.6 is 0 Å².